The summed E-state index contributed by atoms with van der Waals surface area (Å²) in [6.07, 6.45) is -0.468. The van der Waals surface area contributed by atoms with Gasteiger partial charge in [-0.15, -0.1) is 12.4 Å². The van der Waals surface area contributed by atoms with Gasteiger partial charge in [0.1, 0.15) is 11.5 Å². The van der Waals surface area contributed by atoms with Crippen LogP contribution in [-0.2, 0) is 0 Å². The summed E-state index contributed by atoms with van der Waals surface area (Å²) in [7, 11) is 0. The lowest BCUT2D eigenvalue weighted by Gasteiger charge is -2.16. The average molecular weight is 432 g/mol. The van der Waals surface area contributed by atoms with Gasteiger partial charge < -0.3 is 26.9 Å². The molecule has 3 rings (SSSR count). The molecule has 1 heterocycles. The van der Waals surface area contributed by atoms with E-state index in [2.05, 4.69) is 10.3 Å². The van der Waals surface area contributed by atoms with Gasteiger partial charge in [0.15, 0.2) is 0 Å². The van der Waals surface area contributed by atoms with E-state index in [1.807, 2.05) is 6.07 Å². The van der Waals surface area contributed by atoms with Gasteiger partial charge >= 0.3 is 0 Å². The molecule has 9 heteroatoms. The average Bonchev–Trinajstić information content (AvgIpc) is 3.10. The first kappa shape index (κ1) is 23.3. The summed E-state index contributed by atoms with van der Waals surface area (Å²) >= 11 is 0. The molecule has 158 valence electrons. The van der Waals surface area contributed by atoms with Crippen molar-refractivity contribution in [2.24, 2.45) is 11.5 Å². The first-order chi connectivity index (χ1) is 13.9. The molecule has 1 unspecified atom stereocenters. The second-order valence-electron chi connectivity index (χ2n) is 6.85. The highest BCUT2D eigenvalue weighted by molar-refractivity contribution is 6.09. The topological polar surface area (TPSA) is 141 Å². The van der Waals surface area contributed by atoms with E-state index in [9.17, 15) is 14.3 Å². The third-order valence-corrected chi connectivity index (χ3v) is 4.66. The number of fused-ring (bicyclic) bond motifs is 1. The van der Waals surface area contributed by atoms with Crippen LogP contribution in [0.25, 0.3) is 22.0 Å². The van der Waals surface area contributed by atoms with E-state index in [0.717, 1.165) is 0 Å². The number of amides is 1. The normalized spacial score (nSPS) is 12.6. The number of hydrogen-bond acceptors (Lipinski definition) is 5. The van der Waals surface area contributed by atoms with Gasteiger partial charge in [-0.05, 0) is 42.3 Å². The fourth-order valence-electron chi connectivity index (χ4n) is 3.19. The lowest BCUT2D eigenvalue weighted by Crippen LogP contribution is -2.40. The number of aliphatic hydroxyl groups is 1. The number of benzene rings is 2. The predicted molar refractivity (Wildman–Crippen MR) is 116 cm³/mol. The Hall–Kier alpha value is -2.96. The lowest BCUT2D eigenvalue weighted by molar-refractivity contribution is 0.0941. The molecule has 7 N–H and O–H groups in total. The zero-order chi connectivity index (χ0) is 21.0. The Bertz CT molecular complexity index is 1060. The highest BCUT2D eigenvalue weighted by atomic mass is 35.5. The van der Waals surface area contributed by atoms with Gasteiger partial charge in [-0.2, -0.15) is 5.26 Å². The molecule has 1 aromatic heterocycles. The molecular formula is C21H23ClFN5O2. The van der Waals surface area contributed by atoms with Crippen LogP contribution in [-0.4, -0.2) is 41.2 Å². The van der Waals surface area contributed by atoms with E-state index in [1.165, 1.54) is 12.1 Å². The molecular weight excluding hydrogens is 409 g/mol. The molecule has 7 nitrogen and oxygen atoms in total. The van der Waals surface area contributed by atoms with E-state index in [4.69, 9.17) is 16.7 Å². The summed E-state index contributed by atoms with van der Waals surface area (Å²) in [6, 6.07) is 12.5. The number of aromatic nitrogens is 1. The molecule has 0 radical (unpaired) electrons. The maximum absolute atomic E-state index is 13.9. The van der Waals surface area contributed by atoms with Crippen molar-refractivity contribution in [2.45, 2.75) is 18.6 Å². The Morgan fingerprint density at radius 1 is 1.27 bits per heavy atom. The Balaban J connectivity index is 0.00000320. The number of nitrogens with two attached hydrogens (primary N) is 2. The number of nitrogens with one attached hydrogen (secondary N) is 2. The smallest absolute Gasteiger partial charge is 0.268 e. The van der Waals surface area contributed by atoms with Crippen LogP contribution < -0.4 is 16.8 Å². The van der Waals surface area contributed by atoms with Crippen molar-refractivity contribution in [3.63, 3.8) is 0 Å². The van der Waals surface area contributed by atoms with Crippen LogP contribution in [0, 0.1) is 17.1 Å². The number of carbonyl (C=O) groups excluding carboxylic acids is 1. The number of aliphatic hydroxyl groups excluding tert-OH is 1. The highest BCUT2D eigenvalue weighted by Crippen LogP contribution is 2.33. The SMILES string of the molecule is Cl.N#Cc1ccc(-c2c(C(=O)NC[C@@H](N)CC(O)CN)[nH]c3ccc(F)cc23)cc1. The minimum absolute atomic E-state index is 0. The van der Waals surface area contributed by atoms with Crippen LogP contribution >= 0.6 is 12.4 Å². The monoisotopic (exact) mass is 431 g/mol. The van der Waals surface area contributed by atoms with Gasteiger partial charge in [0.2, 0.25) is 0 Å². The molecule has 0 aliphatic rings. The van der Waals surface area contributed by atoms with Crippen LogP contribution in [0.5, 0.6) is 0 Å². The third kappa shape index (κ3) is 5.14. The van der Waals surface area contributed by atoms with E-state index < -0.39 is 23.9 Å². The Morgan fingerprint density at radius 2 is 1.97 bits per heavy atom. The number of aromatic amines is 1. The van der Waals surface area contributed by atoms with Gasteiger partial charge in [-0.3, -0.25) is 4.79 Å². The molecule has 0 spiro atoms. The van der Waals surface area contributed by atoms with Gasteiger partial charge in [0.25, 0.3) is 5.91 Å². The number of nitrogens with zero attached hydrogens (tertiary/aromatic N) is 1. The minimum Gasteiger partial charge on any atom is -0.392 e. The first-order valence-electron chi connectivity index (χ1n) is 9.16. The van der Waals surface area contributed by atoms with Gasteiger partial charge in [0.05, 0.1) is 17.7 Å². The molecule has 0 fully saturated rings. The summed E-state index contributed by atoms with van der Waals surface area (Å²) in [5.41, 5.74) is 13.9. The standard InChI is InChI=1S/C21H22FN5O2.ClH/c22-14-5-6-18-17(7-14)19(13-3-1-12(9-23)2-4-13)20(27-18)21(29)26-11-15(25)8-16(28)10-24;/h1-7,15-16,27-28H,8,10-11,24-25H2,(H,26,29);1H/t15-,16?;/m0./s1. The largest absolute Gasteiger partial charge is 0.392 e. The van der Waals surface area contributed by atoms with Crippen molar-refractivity contribution in [3.05, 3.63) is 59.5 Å². The Morgan fingerprint density at radius 3 is 2.60 bits per heavy atom. The second-order valence-corrected chi connectivity index (χ2v) is 6.85. The van der Waals surface area contributed by atoms with Crippen molar-refractivity contribution in [3.8, 4) is 17.2 Å². The minimum atomic E-state index is -0.729. The fraction of sp³-hybridized carbons (Fsp3) is 0.238. The summed E-state index contributed by atoms with van der Waals surface area (Å²) < 4.78 is 13.9. The summed E-state index contributed by atoms with van der Waals surface area (Å²) in [6.45, 7) is 0.241. The predicted octanol–water partition coefficient (Wildman–Crippen LogP) is 2.03. The highest BCUT2D eigenvalue weighted by Gasteiger charge is 2.20. The van der Waals surface area contributed by atoms with Crippen LogP contribution in [0.2, 0.25) is 0 Å². The molecule has 0 saturated heterocycles. The Kier molecular flexibility index (Phi) is 7.92. The van der Waals surface area contributed by atoms with E-state index in [1.54, 1.807) is 30.3 Å². The molecule has 2 aromatic carbocycles. The molecule has 2 atom stereocenters. The molecule has 3 aromatic rings. The zero-order valence-electron chi connectivity index (χ0n) is 16.1. The number of hydrogen-bond donors (Lipinski definition) is 5. The van der Waals surface area contributed by atoms with Gasteiger partial charge in [0, 0.05) is 35.6 Å². The van der Waals surface area contributed by atoms with Gasteiger partial charge in [-0.25, -0.2) is 4.39 Å². The number of halogens is 2. The van der Waals surface area contributed by atoms with Gasteiger partial charge in [-0.1, -0.05) is 12.1 Å². The van der Waals surface area contributed by atoms with Crippen LogP contribution in [0.15, 0.2) is 42.5 Å². The first-order valence-corrected chi connectivity index (χ1v) is 9.16. The maximum atomic E-state index is 13.9. The maximum Gasteiger partial charge on any atom is 0.268 e. The van der Waals surface area contributed by atoms with Crippen LogP contribution in [0.1, 0.15) is 22.5 Å². The van der Waals surface area contributed by atoms with Crippen molar-refractivity contribution in [1.82, 2.24) is 10.3 Å². The second kappa shape index (κ2) is 10.2. The molecule has 0 aliphatic carbocycles. The van der Waals surface area contributed by atoms with Crippen molar-refractivity contribution in [2.75, 3.05) is 13.1 Å². The number of H-pyrrole nitrogens is 1. The summed E-state index contributed by atoms with van der Waals surface area (Å²) in [5, 5.41) is 21.9. The van der Waals surface area contributed by atoms with Crippen LogP contribution in [0.3, 0.4) is 0 Å². The third-order valence-electron chi connectivity index (χ3n) is 4.66. The number of nitriles is 1. The van der Waals surface area contributed by atoms with Crippen LogP contribution in [0.4, 0.5) is 4.39 Å². The molecule has 1 amide bonds. The van der Waals surface area contributed by atoms with Crippen molar-refractivity contribution < 1.29 is 14.3 Å². The number of carbonyl (C=O) groups is 1. The molecule has 0 aliphatic heterocycles. The van der Waals surface area contributed by atoms with E-state index in [0.29, 0.717) is 27.6 Å². The van der Waals surface area contributed by atoms with Crippen molar-refractivity contribution in [1.29, 1.82) is 5.26 Å². The number of rotatable bonds is 7. The van der Waals surface area contributed by atoms with E-state index >= 15 is 0 Å². The fourth-order valence-corrected chi connectivity index (χ4v) is 3.19. The summed E-state index contributed by atoms with van der Waals surface area (Å²) in [4.78, 5) is 15.9. The van der Waals surface area contributed by atoms with Crippen molar-refractivity contribution >= 4 is 29.2 Å². The lowest BCUT2D eigenvalue weighted by atomic mass is 10.00. The van der Waals surface area contributed by atoms with E-state index in [-0.39, 0.29) is 37.6 Å². The Labute approximate surface area is 179 Å². The zero-order valence-corrected chi connectivity index (χ0v) is 16.9. The molecule has 0 saturated carbocycles. The summed E-state index contributed by atoms with van der Waals surface area (Å²) in [5.74, 6) is -0.824. The molecule has 0 bridgehead atoms. The molecule has 30 heavy (non-hydrogen) atoms. The quantitative estimate of drug-likeness (QED) is 0.389.